The van der Waals surface area contributed by atoms with Gasteiger partial charge in [0.15, 0.2) is 0 Å². The summed E-state index contributed by atoms with van der Waals surface area (Å²) in [6, 6.07) is 0. The van der Waals surface area contributed by atoms with Crippen LogP contribution in [0.15, 0.2) is 0 Å². The van der Waals surface area contributed by atoms with E-state index in [1.165, 1.54) is 0 Å². The van der Waals surface area contributed by atoms with Crippen molar-refractivity contribution in [1.29, 1.82) is 0 Å². The minimum atomic E-state index is -0.686. The van der Waals surface area contributed by atoms with Gasteiger partial charge in [0, 0.05) is 6.61 Å². The Balaban J connectivity index is 2.38. The Labute approximate surface area is 78.5 Å². The van der Waals surface area contributed by atoms with Crippen molar-refractivity contribution >= 4 is 5.91 Å². The second-order valence-electron chi connectivity index (χ2n) is 3.78. The number of rotatable bonds is 3. The summed E-state index contributed by atoms with van der Waals surface area (Å²) in [7, 11) is 0. The summed E-state index contributed by atoms with van der Waals surface area (Å²) < 4.78 is 5.34. The van der Waals surface area contributed by atoms with Gasteiger partial charge in [0.1, 0.15) is 5.60 Å². The third kappa shape index (κ3) is 2.67. The minimum absolute atomic E-state index is 0.00560. The van der Waals surface area contributed by atoms with Gasteiger partial charge in [-0.2, -0.15) is 0 Å². The second kappa shape index (κ2) is 4.07. The van der Waals surface area contributed by atoms with Crippen molar-refractivity contribution in [3.8, 4) is 0 Å². The molecule has 13 heavy (non-hydrogen) atoms. The van der Waals surface area contributed by atoms with Gasteiger partial charge in [-0.05, 0) is 33.6 Å². The summed E-state index contributed by atoms with van der Waals surface area (Å²) in [5.74, 6) is -0.182. The Morgan fingerprint density at radius 2 is 2.31 bits per heavy atom. The Morgan fingerprint density at radius 3 is 2.77 bits per heavy atom. The van der Waals surface area contributed by atoms with Gasteiger partial charge in [-0.15, -0.1) is 0 Å². The van der Waals surface area contributed by atoms with Crippen molar-refractivity contribution in [2.45, 2.75) is 45.3 Å². The van der Waals surface area contributed by atoms with Crippen LogP contribution >= 0.6 is 0 Å². The predicted molar refractivity (Wildman–Crippen MR) is 48.0 cm³/mol. The van der Waals surface area contributed by atoms with Crippen LogP contribution in [0.25, 0.3) is 0 Å². The van der Waals surface area contributed by atoms with Gasteiger partial charge in [0.05, 0.1) is 6.10 Å². The van der Waals surface area contributed by atoms with Crippen LogP contribution in [0.1, 0.15) is 33.6 Å². The second-order valence-corrected chi connectivity index (χ2v) is 3.78. The highest BCUT2D eigenvalue weighted by atomic mass is 16.7. The molecule has 0 spiro atoms. The molecular formula is C9H17NO3. The SMILES string of the molecule is CC(C)ONC(=O)C1(C)CCCO1. The smallest absolute Gasteiger partial charge is 0.275 e. The standard InChI is InChI=1S/C9H17NO3/c1-7(2)13-10-8(11)9(3)5-4-6-12-9/h7H,4-6H2,1-3H3,(H,10,11). The molecule has 0 bridgehead atoms. The van der Waals surface area contributed by atoms with Gasteiger partial charge in [0.2, 0.25) is 0 Å². The molecule has 4 nitrogen and oxygen atoms in total. The molecule has 0 aromatic heterocycles. The van der Waals surface area contributed by atoms with Gasteiger partial charge in [-0.3, -0.25) is 9.63 Å². The normalized spacial score (nSPS) is 28.0. The van der Waals surface area contributed by atoms with E-state index >= 15 is 0 Å². The summed E-state index contributed by atoms with van der Waals surface area (Å²) in [5, 5.41) is 0. The maximum Gasteiger partial charge on any atom is 0.275 e. The summed E-state index contributed by atoms with van der Waals surface area (Å²) in [5.41, 5.74) is 1.71. The van der Waals surface area contributed by atoms with Gasteiger partial charge in [-0.25, -0.2) is 5.48 Å². The lowest BCUT2D eigenvalue weighted by Gasteiger charge is -2.22. The molecule has 4 heteroatoms. The Morgan fingerprint density at radius 1 is 1.62 bits per heavy atom. The number of hydrogen-bond donors (Lipinski definition) is 1. The highest BCUT2D eigenvalue weighted by Gasteiger charge is 2.37. The molecule has 0 aromatic rings. The minimum Gasteiger partial charge on any atom is -0.365 e. The van der Waals surface area contributed by atoms with E-state index in [2.05, 4.69) is 5.48 Å². The predicted octanol–water partition coefficient (Wildman–Crippen LogP) is 1.01. The van der Waals surface area contributed by atoms with E-state index in [-0.39, 0.29) is 12.0 Å². The van der Waals surface area contributed by atoms with Crippen molar-refractivity contribution in [3.05, 3.63) is 0 Å². The zero-order valence-corrected chi connectivity index (χ0v) is 8.42. The third-order valence-corrected chi connectivity index (χ3v) is 2.09. The zero-order chi connectivity index (χ0) is 9.90. The maximum absolute atomic E-state index is 11.5. The third-order valence-electron chi connectivity index (χ3n) is 2.09. The van der Waals surface area contributed by atoms with Crippen LogP contribution < -0.4 is 5.48 Å². The number of amides is 1. The molecule has 1 saturated heterocycles. The first kappa shape index (κ1) is 10.5. The molecule has 1 aliphatic rings. The van der Waals surface area contributed by atoms with E-state index in [4.69, 9.17) is 9.57 Å². The molecule has 76 valence electrons. The van der Waals surface area contributed by atoms with E-state index < -0.39 is 5.60 Å². The Bertz CT molecular complexity index is 185. The van der Waals surface area contributed by atoms with Crippen LogP contribution in [-0.4, -0.2) is 24.2 Å². The Kier molecular flexibility index (Phi) is 3.27. The first-order chi connectivity index (χ1) is 6.04. The fraction of sp³-hybridized carbons (Fsp3) is 0.889. The van der Waals surface area contributed by atoms with Gasteiger partial charge in [0.25, 0.3) is 5.91 Å². The number of carbonyl (C=O) groups excluding carboxylic acids is 1. The molecule has 1 amide bonds. The van der Waals surface area contributed by atoms with Crippen LogP contribution in [-0.2, 0) is 14.4 Å². The Hall–Kier alpha value is -0.610. The van der Waals surface area contributed by atoms with Crippen LogP contribution in [0, 0.1) is 0 Å². The van der Waals surface area contributed by atoms with Gasteiger partial charge in [-0.1, -0.05) is 0 Å². The van der Waals surface area contributed by atoms with Crippen molar-refractivity contribution in [2.75, 3.05) is 6.61 Å². The fourth-order valence-corrected chi connectivity index (χ4v) is 1.24. The lowest BCUT2D eigenvalue weighted by molar-refractivity contribution is -0.155. The van der Waals surface area contributed by atoms with Crippen molar-refractivity contribution in [1.82, 2.24) is 5.48 Å². The topological polar surface area (TPSA) is 47.6 Å². The van der Waals surface area contributed by atoms with Gasteiger partial charge >= 0.3 is 0 Å². The zero-order valence-electron chi connectivity index (χ0n) is 8.42. The number of carbonyl (C=O) groups is 1. The first-order valence-corrected chi connectivity index (χ1v) is 4.65. The average molecular weight is 187 g/mol. The number of ether oxygens (including phenoxy) is 1. The number of nitrogens with one attached hydrogen (secondary N) is 1. The summed E-state index contributed by atoms with van der Waals surface area (Å²) in [4.78, 5) is 16.5. The van der Waals surface area contributed by atoms with Crippen LogP contribution in [0.4, 0.5) is 0 Å². The van der Waals surface area contributed by atoms with E-state index in [0.717, 1.165) is 12.8 Å². The van der Waals surface area contributed by atoms with Gasteiger partial charge < -0.3 is 4.74 Å². The molecule has 1 fully saturated rings. The largest absolute Gasteiger partial charge is 0.365 e. The molecular weight excluding hydrogens is 170 g/mol. The van der Waals surface area contributed by atoms with Crippen molar-refractivity contribution < 1.29 is 14.4 Å². The molecule has 0 aliphatic carbocycles. The van der Waals surface area contributed by atoms with E-state index in [1.807, 2.05) is 13.8 Å². The molecule has 1 aliphatic heterocycles. The summed E-state index contributed by atoms with van der Waals surface area (Å²) in [6.45, 7) is 6.17. The molecule has 1 atom stereocenters. The van der Waals surface area contributed by atoms with E-state index in [0.29, 0.717) is 6.61 Å². The highest BCUT2D eigenvalue weighted by molar-refractivity contribution is 5.84. The van der Waals surface area contributed by atoms with Crippen molar-refractivity contribution in [2.24, 2.45) is 0 Å². The monoisotopic (exact) mass is 187 g/mol. The fourth-order valence-electron chi connectivity index (χ4n) is 1.24. The lowest BCUT2D eigenvalue weighted by atomic mass is 10.0. The molecule has 0 aromatic carbocycles. The molecule has 1 heterocycles. The number of hydrogen-bond acceptors (Lipinski definition) is 3. The average Bonchev–Trinajstić information content (AvgIpc) is 2.49. The quantitative estimate of drug-likeness (QED) is 0.671. The van der Waals surface area contributed by atoms with E-state index in [9.17, 15) is 4.79 Å². The lowest BCUT2D eigenvalue weighted by Crippen LogP contribution is -2.44. The van der Waals surface area contributed by atoms with Crippen LogP contribution in [0.2, 0.25) is 0 Å². The molecule has 1 unspecified atom stereocenters. The molecule has 1 N–H and O–H groups in total. The summed E-state index contributed by atoms with van der Waals surface area (Å²) >= 11 is 0. The van der Waals surface area contributed by atoms with Crippen LogP contribution in [0.3, 0.4) is 0 Å². The number of hydroxylamine groups is 1. The molecule has 0 radical (unpaired) electrons. The maximum atomic E-state index is 11.5. The first-order valence-electron chi connectivity index (χ1n) is 4.65. The van der Waals surface area contributed by atoms with E-state index in [1.54, 1.807) is 6.92 Å². The van der Waals surface area contributed by atoms with Crippen LogP contribution in [0.5, 0.6) is 0 Å². The summed E-state index contributed by atoms with van der Waals surface area (Å²) in [6.07, 6.45) is 1.69. The molecule has 1 rings (SSSR count). The highest BCUT2D eigenvalue weighted by Crippen LogP contribution is 2.24. The van der Waals surface area contributed by atoms with Crippen molar-refractivity contribution in [3.63, 3.8) is 0 Å². The molecule has 0 saturated carbocycles.